The van der Waals surface area contributed by atoms with Gasteiger partial charge >= 0.3 is 0 Å². The predicted molar refractivity (Wildman–Crippen MR) is 119 cm³/mol. The van der Waals surface area contributed by atoms with E-state index in [1.165, 1.54) is 11.8 Å². The zero-order valence-corrected chi connectivity index (χ0v) is 17.7. The third kappa shape index (κ3) is 4.10. The Kier molecular flexibility index (Phi) is 5.38. The van der Waals surface area contributed by atoms with Crippen molar-refractivity contribution in [2.24, 2.45) is 0 Å². The summed E-state index contributed by atoms with van der Waals surface area (Å²) in [5, 5.41) is 2.78. The van der Waals surface area contributed by atoms with Crippen molar-refractivity contribution in [3.8, 4) is 11.5 Å². The minimum absolute atomic E-state index is 0.425. The number of hydrogen-bond donors (Lipinski definition) is 1. The van der Waals surface area contributed by atoms with Gasteiger partial charge in [0.2, 0.25) is 0 Å². The van der Waals surface area contributed by atoms with Gasteiger partial charge in [-0.05, 0) is 61.4 Å². The molecule has 31 heavy (non-hydrogen) atoms. The number of amides is 2. The van der Waals surface area contributed by atoms with E-state index in [2.05, 4.69) is 5.32 Å². The highest BCUT2D eigenvalue weighted by Gasteiger charge is 2.49. The number of fused-ring (bicyclic) bond motifs is 1. The highest BCUT2D eigenvalue weighted by molar-refractivity contribution is 6.19. The van der Waals surface area contributed by atoms with E-state index in [4.69, 9.17) is 9.47 Å². The number of nitrogens with one attached hydrogen (secondary N) is 1. The topological polar surface area (TPSA) is 67.9 Å². The van der Waals surface area contributed by atoms with Crippen LogP contribution in [0.3, 0.4) is 0 Å². The average molecular weight is 416 g/mol. The number of anilines is 2. The van der Waals surface area contributed by atoms with Crippen LogP contribution in [0.5, 0.6) is 11.5 Å². The molecule has 1 aliphatic heterocycles. The van der Waals surface area contributed by atoms with Crippen LogP contribution in [0.4, 0.5) is 11.4 Å². The Morgan fingerprint density at radius 2 is 1.77 bits per heavy atom. The first-order valence-corrected chi connectivity index (χ1v) is 10.0. The zero-order chi connectivity index (χ0) is 22.0. The van der Waals surface area contributed by atoms with Crippen molar-refractivity contribution < 1.29 is 19.1 Å². The molecule has 158 valence electrons. The van der Waals surface area contributed by atoms with Crippen LogP contribution in [-0.4, -0.2) is 24.5 Å². The number of likely N-dealkylation sites (N-methyl/N-ethyl adjacent to an activating group) is 1. The van der Waals surface area contributed by atoms with Gasteiger partial charge in [-0.3, -0.25) is 9.59 Å². The van der Waals surface area contributed by atoms with E-state index in [9.17, 15) is 9.59 Å². The third-order valence-corrected chi connectivity index (χ3v) is 5.30. The molecule has 0 aromatic heterocycles. The maximum absolute atomic E-state index is 13.0. The molecular weight excluding hydrogens is 392 g/mol. The summed E-state index contributed by atoms with van der Waals surface area (Å²) < 4.78 is 11.6. The van der Waals surface area contributed by atoms with Crippen molar-refractivity contribution in [3.05, 3.63) is 83.9 Å². The minimum Gasteiger partial charge on any atom is -0.489 e. The quantitative estimate of drug-likeness (QED) is 0.629. The van der Waals surface area contributed by atoms with Gasteiger partial charge in [0.05, 0.1) is 5.69 Å². The molecule has 1 atom stereocenters. The van der Waals surface area contributed by atoms with Crippen molar-refractivity contribution in [2.75, 3.05) is 17.3 Å². The van der Waals surface area contributed by atoms with Crippen molar-refractivity contribution in [1.82, 2.24) is 0 Å². The van der Waals surface area contributed by atoms with Crippen molar-refractivity contribution in [3.63, 3.8) is 0 Å². The van der Waals surface area contributed by atoms with Gasteiger partial charge in [0.15, 0.2) is 0 Å². The highest BCUT2D eigenvalue weighted by atomic mass is 16.5. The summed E-state index contributed by atoms with van der Waals surface area (Å²) in [7, 11) is 1.65. The van der Waals surface area contributed by atoms with Crippen LogP contribution in [0.2, 0.25) is 0 Å². The molecule has 0 bridgehead atoms. The molecule has 6 nitrogen and oxygen atoms in total. The largest absolute Gasteiger partial charge is 0.489 e. The maximum atomic E-state index is 13.0. The molecule has 0 saturated carbocycles. The molecule has 1 N–H and O–H groups in total. The number of hydrogen-bond acceptors (Lipinski definition) is 4. The second kappa shape index (κ2) is 8.14. The number of aryl methyl sites for hydroxylation is 1. The fourth-order valence-electron chi connectivity index (χ4n) is 3.44. The lowest BCUT2D eigenvalue weighted by Gasteiger charge is -2.38. The Labute approximate surface area is 181 Å². The van der Waals surface area contributed by atoms with Crippen LogP contribution < -0.4 is 19.7 Å². The first-order valence-electron chi connectivity index (χ1n) is 10.0. The third-order valence-electron chi connectivity index (χ3n) is 5.30. The van der Waals surface area contributed by atoms with Gasteiger partial charge in [0.1, 0.15) is 18.1 Å². The molecule has 4 rings (SSSR count). The van der Waals surface area contributed by atoms with E-state index in [0.29, 0.717) is 29.5 Å². The molecule has 0 aliphatic carbocycles. The predicted octanol–water partition coefficient (Wildman–Crippen LogP) is 4.33. The van der Waals surface area contributed by atoms with Crippen molar-refractivity contribution in [1.29, 1.82) is 0 Å². The van der Waals surface area contributed by atoms with E-state index in [-0.39, 0.29) is 0 Å². The van der Waals surface area contributed by atoms with Crippen LogP contribution in [0.15, 0.2) is 72.8 Å². The van der Waals surface area contributed by atoms with Gasteiger partial charge < -0.3 is 19.7 Å². The monoisotopic (exact) mass is 416 g/mol. The Bertz CT molecular complexity index is 1110. The van der Waals surface area contributed by atoms with Crippen molar-refractivity contribution >= 4 is 23.2 Å². The van der Waals surface area contributed by atoms with Crippen molar-refractivity contribution in [2.45, 2.75) is 26.1 Å². The lowest BCUT2D eigenvalue weighted by Crippen LogP contribution is -2.59. The molecule has 6 heteroatoms. The maximum Gasteiger partial charge on any atom is 0.280 e. The first kappa shape index (κ1) is 20.5. The molecule has 2 amide bonds. The molecular formula is C25H24N2O4. The van der Waals surface area contributed by atoms with E-state index >= 15 is 0 Å². The average Bonchev–Trinajstić information content (AvgIpc) is 2.78. The molecule has 1 unspecified atom stereocenters. The molecule has 1 heterocycles. The standard InChI is InChI=1S/C25H24N2O4/c1-17-9-14-22-21(15-17)27(3)24(29)25(2,31-22)23(28)26-19-10-12-20(13-11-19)30-16-18-7-5-4-6-8-18/h4-15H,16H2,1-3H3,(H,26,28). The Morgan fingerprint density at radius 1 is 1.06 bits per heavy atom. The van der Waals surface area contributed by atoms with Gasteiger partial charge in [-0.15, -0.1) is 0 Å². The van der Waals surface area contributed by atoms with Crippen LogP contribution in [0.25, 0.3) is 0 Å². The molecule has 0 saturated heterocycles. The fourth-order valence-corrected chi connectivity index (χ4v) is 3.44. The van der Waals surface area contributed by atoms with Gasteiger partial charge in [-0.1, -0.05) is 36.4 Å². The van der Waals surface area contributed by atoms with Crippen LogP contribution >= 0.6 is 0 Å². The first-order chi connectivity index (χ1) is 14.9. The normalized spacial score (nSPS) is 17.5. The summed E-state index contributed by atoms with van der Waals surface area (Å²) >= 11 is 0. The summed E-state index contributed by atoms with van der Waals surface area (Å²) in [6.07, 6.45) is 0. The summed E-state index contributed by atoms with van der Waals surface area (Å²) in [4.78, 5) is 27.4. The van der Waals surface area contributed by atoms with E-state index in [0.717, 1.165) is 11.1 Å². The van der Waals surface area contributed by atoms with Gasteiger partial charge in [0.25, 0.3) is 17.4 Å². The Balaban J connectivity index is 1.45. The number of benzene rings is 3. The Hall–Kier alpha value is -3.80. The fraction of sp³-hybridized carbons (Fsp3) is 0.200. The van der Waals surface area contributed by atoms with Crippen LogP contribution in [0.1, 0.15) is 18.1 Å². The molecule has 3 aromatic rings. The smallest absolute Gasteiger partial charge is 0.280 e. The highest BCUT2D eigenvalue weighted by Crippen LogP contribution is 2.38. The number of rotatable bonds is 5. The molecule has 0 fully saturated rings. The van der Waals surface area contributed by atoms with Gasteiger partial charge in [-0.2, -0.15) is 0 Å². The number of carbonyl (C=O) groups excluding carboxylic acids is 2. The molecule has 3 aromatic carbocycles. The van der Waals surface area contributed by atoms with Gasteiger partial charge in [-0.25, -0.2) is 0 Å². The van der Waals surface area contributed by atoms with Crippen LogP contribution in [-0.2, 0) is 16.2 Å². The van der Waals surface area contributed by atoms with Gasteiger partial charge in [0, 0.05) is 12.7 Å². The summed E-state index contributed by atoms with van der Waals surface area (Å²) in [6, 6.07) is 22.4. The molecule has 0 spiro atoms. The number of nitrogens with zero attached hydrogens (tertiary/aromatic N) is 1. The number of ether oxygens (including phenoxy) is 2. The summed E-state index contributed by atoms with van der Waals surface area (Å²) in [5.74, 6) is 0.219. The SMILES string of the molecule is Cc1ccc2c(c1)N(C)C(=O)C(C)(C(=O)Nc1ccc(OCc3ccccc3)cc1)O2. The summed E-state index contributed by atoms with van der Waals surface area (Å²) in [5.41, 5.74) is 1.60. The molecule has 1 aliphatic rings. The zero-order valence-electron chi connectivity index (χ0n) is 17.7. The van der Waals surface area contributed by atoms with E-state index in [1.54, 1.807) is 37.4 Å². The van der Waals surface area contributed by atoms with E-state index in [1.807, 2.05) is 49.4 Å². The minimum atomic E-state index is -1.67. The Morgan fingerprint density at radius 3 is 2.48 bits per heavy atom. The van der Waals surface area contributed by atoms with E-state index < -0.39 is 17.4 Å². The number of carbonyl (C=O) groups is 2. The summed E-state index contributed by atoms with van der Waals surface area (Å²) in [6.45, 7) is 3.88. The lowest BCUT2D eigenvalue weighted by molar-refractivity contribution is -0.144. The molecule has 0 radical (unpaired) electrons. The second-order valence-corrected chi connectivity index (χ2v) is 7.72. The lowest BCUT2D eigenvalue weighted by atomic mass is 9.99. The second-order valence-electron chi connectivity index (χ2n) is 7.72. The van der Waals surface area contributed by atoms with Crippen LogP contribution in [0, 0.1) is 6.92 Å².